The van der Waals surface area contributed by atoms with Crippen LogP contribution in [-0.2, 0) is 22.6 Å². The number of carbonyl (C=O) groups excluding carboxylic acids is 2. The average Bonchev–Trinajstić information content (AvgIpc) is 2.66. The van der Waals surface area contributed by atoms with Crippen molar-refractivity contribution in [2.45, 2.75) is 32.4 Å². The fourth-order valence-electron chi connectivity index (χ4n) is 2.59. The Morgan fingerprint density at radius 3 is 2.59 bits per heavy atom. The van der Waals surface area contributed by atoms with E-state index >= 15 is 0 Å². The van der Waals surface area contributed by atoms with Gasteiger partial charge in [0.05, 0.1) is 12.6 Å². The molecule has 2 rings (SSSR count). The zero-order valence-electron chi connectivity index (χ0n) is 15.2. The van der Waals surface area contributed by atoms with Crippen LogP contribution in [-0.4, -0.2) is 29.5 Å². The second kappa shape index (κ2) is 9.94. The topological polar surface area (TPSA) is 104 Å². The highest BCUT2D eigenvalue weighted by Gasteiger charge is 2.15. The van der Waals surface area contributed by atoms with Gasteiger partial charge in [-0.3, -0.25) is 9.59 Å². The summed E-state index contributed by atoms with van der Waals surface area (Å²) in [5.41, 5.74) is 8.13. The smallest absolute Gasteiger partial charge is 0.239 e. The van der Waals surface area contributed by atoms with Crippen LogP contribution < -0.4 is 16.4 Å². The van der Waals surface area contributed by atoms with E-state index in [0.29, 0.717) is 29.0 Å². The molecule has 144 valence electrons. The number of halogens is 1. The molecule has 0 bridgehead atoms. The lowest BCUT2D eigenvalue weighted by molar-refractivity contribution is -0.126. The number of aromatic hydroxyl groups is 1. The molecule has 2 aromatic carbocycles. The van der Waals surface area contributed by atoms with Crippen molar-refractivity contribution in [3.8, 4) is 5.75 Å². The standard InChI is InChI=1S/C20H24ClN3O3/c1-13-9-16(21)10-15(19(13)26)11-23-18(25)12-24-20(27)17(22)8-7-14-5-3-2-4-6-14/h2-6,9-10,17,26H,7-8,11-12,22H2,1H3,(H,23,25)(H,24,27). The summed E-state index contributed by atoms with van der Waals surface area (Å²) in [6.07, 6.45) is 1.18. The van der Waals surface area contributed by atoms with Crippen molar-refractivity contribution in [1.82, 2.24) is 10.6 Å². The molecular formula is C20H24ClN3O3. The van der Waals surface area contributed by atoms with Crippen molar-refractivity contribution in [2.75, 3.05) is 6.54 Å². The van der Waals surface area contributed by atoms with Gasteiger partial charge >= 0.3 is 0 Å². The Balaban J connectivity index is 1.74. The minimum Gasteiger partial charge on any atom is -0.507 e. The number of benzene rings is 2. The first kappa shape index (κ1) is 20.7. The van der Waals surface area contributed by atoms with Gasteiger partial charge < -0.3 is 21.5 Å². The van der Waals surface area contributed by atoms with Crippen molar-refractivity contribution >= 4 is 23.4 Å². The molecule has 1 atom stereocenters. The molecule has 27 heavy (non-hydrogen) atoms. The van der Waals surface area contributed by atoms with Crippen molar-refractivity contribution < 1.29 is 14.7 Å². The Hall–Kier alpha value is -2.57. The molecule has 0 aliphatic heterocycles. The third-order valence-corrected chi connectivity index (χ3v) is 4.39. The molecule has 0 radical (unpaired) electrons. The molecule has 0 aliphatic rings. The first-order valence-electron chi connectivity index (χ1n) is 8.68. The van der Waals surface area contributed by atoms with Gasteiger partial charge in [-0.05, 0) is 43.0 Å². The molecule has 0 fully saturated rings. The van der Waals surface area contributed by atoms with Gasteiger partial charge in [0, 0.05) is 17.1 Å². The van der Waals surface area contributed by atoms with Crippen molar-refractivity contribution in [3.05, 3.63) is 64.2 Å². The van der Waals surface area contributed by atoms with Gasteiger partial charge in [0.15, 0.2) is 0 Å². The molecular weight excluding hydrogens is 366 g/mol. The van der Waals surface area contributed by atoms with Crippen LogP contribution in [0.2, 0.25) is 5.02 Å². The van der Waals surface area contributed by atoms with E-state index in [1.54, 1.807) is 19.1 Å². The number of aryl methyl sites for hydroxylation is 2. The molecule has 0 heterocycles. The maximum Gasteiger partial charge on any atom is 0.239 e. The van der Waals surface area contributed by atoms with Crippen LogP contribution in [0.15, 0.2) is 42.5 Å². The molecule has 6 nitrogen and oxygen atoms in total. The first-order chi connectivity index (χ1) is 12.9. The predicted octanol–water partition coefficient (Wildman–Crippen LogP) is 2.05. The van der Waals surface area contributed by atoms with Gasteiger partial charge in [0.25, 0.3) is 0 Å². The Morgan fingerprint density at radius 1 is 1.19 bits per heavy atom. The Kier molecular flexibility index (Phi) is 7.64. The highest BCUT2D eigenvalue weighted by Crippen LogP contribution is 2.26. The van der Waals surface area contributed by atoms with E-state index < -0.39 is 6.04 Å². The highest BCUT2D eigenvalue weighted by molar-refractivity contribution is 6.30. The third kappa shape index (κ3) is 6.58. The van der Waals surface area contributed by atoms with E-state index in [2.05, 4.69) is 10.6 Å². The SMILES string of the molecule is Cc1cc(Cl)cc(CNC(=O)CNC(=O)C(N)CCc2ccccc2)c1O. The number of rotatable bonds is 8. The first-order valence-corrected chi connectivity index (χ1v) is 9.06. The summed E-state index contributed by atoms with van der Waals surface area (Å²) >= 11 is 5.95. The lowest BCUT2D eigenvalue weighted by Crippen LogP contribution is -2.45. The fraction of sp³-hybridized carbons (Fsp3) is 0.300. The maximum absolute atomic E-state index is 12.0. The predicted molar refractivity (Wildman–Crippen MR) is 105 cm³/mol. The monoisotopic (exact) mass is 389 g/mol. The molecule has 2 amide bonds. The molecule has 0 saturated carbocycles. The molecule has 0 saturated heterocycles. The summed E-state index contributed by atoms with van der Waals surface area (Å²) in [5, 5.41) is 15.6. The quantitative estimate of drug-likeness (QED) is 0.554. The van der Waals surface area contributed by atoms with Crippen molar-refractivity contribution in [3.63, 3.8) is 0 Å². The molecule has 0 aromatic heterocycles. The van der Waals surface area contributed by atoms with Gasteiger partial charge in [0.2, 0.25) is 11.8 Å². The number of nitrogens with one attached hydrogen (secondary N) is 2. The maximum atomic E-state index is 12.0. The minimum atomic E-state index is -0.683. The largest absolute Gasteiger partial charge is 0.507 e. The lowest BCUT2D eigenvalue weighted by Gasteiger charge is -2.13. The summed E-state index contributed by atoms with van der Waals surface area (Å²) in [6.45, 7) is 1.66. The summed E-state index contributed by atoms with van der Waals surface area (Å²) in [7, 11) is 0. The van der Waals surface area contributed by atoms with Crippen LogP contribution in [0.1, 0.15) is 23.1 Å². The van der Waals surface area contributed by atoms with Crippen LogP contribution in [0.25, 0.3) is 0 Å². The van der Waals surface area contributed by atoms with Gasteiger partial charge in [0.1, 0.15) is 5.75 Å². The van der Waals surface area contributed by atoms with Gasteiger partial charge in [-0.2, -0.15) is 0 Å². The second-order valence-electron chi connectivity index (χ2n) is 6.36. The number of carbonyl (C=O) groups is 2. The zero-order valence-corrected chi connectivity index (χ0v) is 15.9. The zero-order chi connectivity index (χ0) is 19.8. The summed E-state index contributed by atoms with van der Waals surface area (Å²) in [5.74, 6) is -0.662. The Bertz CT molecular complexity index is 797. The molecule has 0 spiro atoms. The number of hydrogen-bond donors (Lipinski definition) is 4. The Labute approximate surface area is 163 Å². The van der Waals surface area contributed by atoms with Crippen molar-refractivity contribution in [1.29, 1.82) is 0 Å². The lowest BCUT2D eigenvalue weighted by atomic mass is 10.1. The molecule has 5 N–H and O–H groups in total. The van der Waals surface area contributed by atoms with Gasteiger partial charge in [-0.1, -0.05) is 41.9 Å². The van der Waals surface area contributed by atoms with E-state index in [4.69, 9.17) is 17.3 Å². The van der Waals surface area contributed by atoms with Crippen LogP contribution in [0.5, 0.6) is 5.75 Å². The third-order valence-electron chi connectivity index (χ3n) is 4.17. The number of phenolic OH excluding ortho intramolecular Hbond substituents is 1. The summed E-state index contributed by atoms with van der Waals surface area (Å²) in [6, 6.07) is 12.3. The number of amides is 2. The van der Waals surface area contributed by atoms with E-state index in [9.17, 15) is 14.7 Å². The second-order valence-corrected chi connectivity index (χ2v) is 6.79. The number of phenols is 1. The van der Waals surface area contributed by atoms with Gasteiger partial charge in [-0.25, -0.2) is 0 Å². The van der Waals surface area contributed by atoms with E-state index in [1.807, 2.05) is 30.3 Å². The fourth-order valence-corrected chi connectivity index (χ4v) is 2.89. The highest BCUT2D eigenvalue weighted by atomic mass is 35.5. The minimum absolute atomic E-state index is 0.0895. The van der Waals surface area contributed by atoms with E-state index in [1.165, 1.54) is 0 Å². The molecule has 7 heteroatoms. The number of hydrogen-bond acceptors (Lipinski definition) is 4. The molecule has 1 unspecified atom stereocenters. The summed E-state index contributed by atoms with van der Waals surface area (Å²) < 4.78 is 0. The summed E-state index contributed by atoms with van der Waals surface area (Å²) in [4.78, 5) is 23.9. The van der Waals surface area contributed by atoms with Crippen molar-refractivity contribution in [2.24, 2.45) is 5.73 Å². The Morgan fingerprint density at radius 2 is 1.89 bits per heavy atom. The van der Waals surface area contributed by atoms with E-state index in [-0.39, 0.29) is 30.7 Å². The number of nitrogens with two attached hydrogens (primary N) is 1. The normalized spacial score (nSPS) is 11.7. The van der Waals surface area contributed by atoms with E-state index in [0.717, 1.165) is 5.56 Å². The van der Waals surface area contributed by atoms with Crippen LogP contribution >= 0.6 is 11.6 Å². The molecule has 0 aliphatic carbocycles. The van der Waals surface area contributed by atoms with Crippen LogP contribution in [0, 0.1) is 6.92 Å². The van der Waals surface area contributed by atoms with Crippen LogP contribution in [0.4, 0.5) is 0 Å². The molecule has 2 aromatic rings. The average molecular weight is 390 g/mol. The van der Waals surface area contributed by atoms with Crippen LogP contribution in [0.3, 0.4) is 0 Å². The van der Waals surface area contributed by atoms with Gasteiger partial charge in [-0.15, -0.1) is 0 Å².